The molecule has 1 aromatic carbocycles. The SMILES string of the molecule is O=Cc1ccc(Cc2ccccc2Cl)nc1. The highest BCUT2D eigenvalue weighted by molar-refractivity contribution is 6.31. The molecule has 0 spiro atoms. The van der Waals surface area contributed by atoms with E-state index in [0.29, 0.717) is 12.0 Å². The molecule has 2 aromatic rings. The molecule has 16 heavy (non-hydrogen) atoms. The van der Waals surface area contributed by atoms with Crippen LogP contribution in [0, 0.1) is 0 Å². The van der Waals surface area contributed by atoms with Crippen molar-refractivity contribution in [3.05, 3.63) is 64.4 Å². The second-order valence-corrected chi connectivity index (χ2v) is 3.88. The topological polar surface area (TPSA) is 30.0 Å². The summed E-state index contributed by atoms with van der Waals surface area (Å²) in [5.74, 6) is 0. The Morgan fingerprint density at radius 3 is 2.62 bits per heavy atom. The number of pyridine rings is 1. The summed E-state index contributed by atoms with van der Waals surface area (Å²) in [6.45, 7) is 0. The van der Waals surface area contributed by atoms with Crippen LogP contribution in [0.3, 0.4) is 0 Å². The molecule has 0 atom stereocenters. The zero-order valence-electron chi connectivity index (χ0n) is 8.56. The molecule has 0 amide bonds. The van der Waals surface area contributed by atoms with Crippen LogP contribution in [0.25, 0.3) is 0 Å². The molecule has 0 saturated carbocycles. The fraction of sp³-hybridized carbons (Fsp3) is 0.0769. The van der Waals surface area contributed by atoms with Crippen LogP contribution in [-0.4, -0.2) is 11.3 Å². The van der Waals surface area contributed by atoms with E-state index < -0.39 is 0 Å². The smallest absolute Gasteiger partial charge is 0.151 e. The summed E-state index contributed by atoms with van der Waals surface area (Å²) < 4.78 is 0. The van der Waals surface area contributed by atoms with Crippen molar-refractivity contribution < 1.29 is 4.79 Å². The number of hydrogen-bond donors (Lipinski definition) is 0. The maximum absolute atomic E-state index is 10.5. The number of halogens is 1. The van der Waals surface area contributed by atoms with E-state index in [-0.39, 0.29) is 0 Å². The normalized spacial score (nSPS) is 10.1. The van der Waals surface area contributed by atoms with Gasteiger partial charge in [0.2, 0.25) is 0 Å². The van der Waals surface area contributed by atoms with Crippen LogP contribution in [-0.2, 0) is 6.42 Å². The van der Waals surface area contributed by atoms with Crippen LogP contribution in [0.4, 0.5) is 0 Å². The monoisotopic (exact) mass is 231 g/mol. The zero-order valence-corrected chi connectivity index (χ0v) is 9.32. The third kappa shape index (κ3) is 2.47. The van der Waals surface area contributed by atoms with Gasteiger partial charge in [-0.3, -0.25) is 9.78 Å². The highest BCUT2D eigenvalue weighted by atomic mass is 35.5. The number of rotatable bonds is 3. The summed E-state index contributed by atoms with van der Waals surface area (Å²) in [7, 11) is 0. The van der Waals surface area contributed by atoms with Gasteiger partial charge in [0.1, 0.15) is 0 Å². The third-order valence-electron chi connectivity index (χ3n) is 2.31. The van der Waals surface area contributed by atoms with Crippen LogP contribution in [0.15, 0.2) is 42.6 Å². The summed E-state index contributed by atoms with van der Waals surface area (Å²) >= 11 is 6.05. The molecule has 3 heteroatoms. The average molecular weight is 232 g/mol. The van der Waals surface area contributed by atoms with E-state index in [9.17, 15) is 4.79 Å². The number of hydrogen-bond acceptors (Lipinski definition) is 2. The van der Waals surface area contributed by atoms with Crippen molar-refractivity contribution in [2.45, 2.75) is 6.42 Å². The number of carbonyl (C=O) groups excluding carboxylic acids is 1. The fourth-order valence-corrected chi connectivity index (χ4v) is 1.65. The molecule has 0 aliphatic heterocycles. The van der Waals surface area contributed by atoms with E-state index in [2.05, 4.69) is 4.98 Å². The Hall–Kier alpha value is -1.67. The van der Waals surface area contributed by atoms with Crippen LogP contribution in [0.1, 0.15) is 21.6 Å². The van der Waals surface area contributed by atoms with Crippen molar-refractivity contribution in [2.24, 2.45) is 0 Å². The first kappa shape index (κ1) is 10.8. The highest BCUT2D eigenvalue weighted by Crippen LogP contribution is 2.17. The zero-order chi connectivity index (χ0) is 11.4. The van der Waals surface area contributed by atoms with Gasteiger partial charge in [-0.15, -0.1) is 0 Å². The molecule has 0 unspecified atom stereocenters. The van der Waals surface area contributed by atoms with Crippen molar-refractivity contribution >= 4 is 17.9 Å². The summed E-state index contributed by atoms with van der Waals surface area (Å²) in [6.07, 6.45) is 3.03. The summed E-state index contributed by atoms with van der Waals surface area (Å²) in [6, 6.07) is 11.3. The number of carbonyl (C=O) groups is 1. The lowest BCUT2D eigenvalue weighted by Gasteiger charge is -2.03. The van der Waals surface area contributed by atoms with Gasteiger partial charge in [0.05, 0.1) is 0 Å². The molecule has 2 rings (SSSR count). The Labute approximate surface area is 98.9 Å². The van der Waals surface area contributed by atoms with E-state index in [1.54, 1.807) is 12.3 Å². The predicted octanol–water partition coefficient (Wildman–Crippen LogP) is 3.14. The second-order valence-electron chi connectivity index (χ2n) is 3.47. The van der Waals surface area contributed by atoms with Crippen LogP contribution < -0.4 is 0 Å². The van der Waals surface area contributed by atoms with E-state index in [0.717, 1.165) is 22.6 Å². The molecule has 0 bridgehead atoms. The Morgan fingerprint density at radius 2 is 2.00 bits per heavy atom. The molecule has 0 aliphatic rings. The van der Waals surface area contributed by atoms with Gasteiger partial charge in [-0.2, -0.15) is 0 Å². The largest absolute Gasteiger partial charge is 0.298 e. The molecule has 0 radical (unpaired) electrons. The third-order valence-corrected chi connectivity index (χ3v) is 2.68. The lowest BCUT2D eigenvalue weighted by molar-refractivity contribution is 0.112. The number of benzene rings is 1. The average Bonchev–Trinajstić information content (AvgIpc) is 2.33. The lowest BCUT2D eigenvalue weighted by Crippen LogP contribution is -1.93. The van der Waals surface area contributed by atoms with Gasteiger partial charge in [0, 0.05) is 28.9 Å². The number of nitrogens with zero attached hydrogens (tertiary/aromatic N) is 1. The molecule has 2 nitrogen and oxygen atoms in total. The molecule has 0 fully saturated rings. The minimum Gasteiger partial charge on any atom is -0.298 e. The van der Waals surface area contributed by atoms with Crippen LogP contribution in [0.2, 0.25) is 5.02 Å². The standard InChI is InChI=1S/C13H10ClNO/c14-13-4-2-1-3-11(13)7-12-6-5-10(9-16)8-15-12/h1-6,8-9H,7H2. The molecule has 80 valence electrons. The van der Waals surface area contributed by atoms with E-state index >= 15 is 0 Å². The molecule has 1 heterocycles. The first-order valence-corrected chi connectivity index (χ1v) is 5.31. The van der Waals surface area contributed by atoms with Crippen molar-refractivity contribution in [2.75, 3.05) is 0 Å². The summed E-state index contributed by atoms with van der Waals surface area (Å²) in [5.41, 5.74) is 2.53. The van der Waals surface area contributed by atoms with E-state index in [4.69, 9.17) is 11.6 Å². The number of aldehydes is 1. The van der Waals surface area contributed by atoms with Crippen LogP contribution in [0.5, 0.6) is 0 Å². The first-order chi connectivity index (χ1) is 7.79. The lowest BCUT2D eigenvalue weighted by atomic mass is 10.1. The molecular formula is C13H10ClNO. The molecule has 0 saturated heterocycles. The van der Waals surface area contributed by atoms with Crippen molar-refractivity contribution in [3.8, 4) is 0 Å². The van der Waals surface area contributed by atoms with Gasteiger partial charge in [-0.25, -0.2) is 0 Å². The maximum Gasteiger partial charge on any atom is 0.151 e. The molecule has 1 aromatic heterocycles. The highest BCUT2D eigenvalue weighted by Gasteiger charge is 2.01. The van der Waals surface area contributed by atoms with Gasteiger partial charge in [-0.05, 0) is 23.8 Å². The predicted molar refractivity (Wildman–Crippen MR) is 63.9 cm³/mol. The van der Waals surface area contributed by atoms with Crippen molar-refractivity contribution in [1.82, 2.24) is 4.98 Å². The van der Waals surface area contributed by atoms with Gasteiger partial charge in [0.15, 0.2) is 6.29 Å². The Morgan fingerprint density at radius 1 is 1.19 bits per heavy atom. The Balaban J connectivity index is 2.21. The first-order valence-electron chi connectivity index (χ1n) is 4.93. The minimum atomic E-state index is 0.586. The molecule has 0 aliphatic carbocycles. The van der Waals surface area contributed by atoms with Crippen molar-refractivity contribution in [3.63, 3.8) is 0 Å². The van der Waals surface area contributed by atoms with Gasteiger partial charge in [-0.1, -0.05) is 29.8 Å². The van der Waals surface area contributed by atoms with Crippen molar-refractivity contribution in [1.29, 1.82) is 0 Å². The van der Waals surface area contributed by atoms with Gasteiger partial charge < -0.3 is 0 Å². The number of aromatic nitrogens is 1. The Bertz CT molecular complexity index is 494. The Kier molecular flexibility index (Phi) is 3.32. The van der Waals surface area contributed by atoms with E-state index in [1.807, 2.05) is 30.3 Å². The van der Waals surface area contributed by atoms with Gasteiger partial charge in [0.25, 0.3) is 0 Å². The maximum atomic E-state index is 10.5. The molecular weight excluding hydrogens is 222 g/mol. The van der Waals surface area contributed by atoms with E-state index in [1.165, 1.54) is 0 Å². The van der Waals surface area contributed by atoms with Gasteiger partial charge >= 0.3 is 0 Å². The quantitative estimate of drug-likeness (QED) is 0.760. The second kappa shape index (κ2) is 4.90. The van der Waals surface area contributed by atoms with Crippen LogP contribution >= 0.6 is 11.6 Å². The molecule has 0 N–H and O–H groups in total. The summed E-state index contributed by atoms with van der Waals surface area (Å²) in [4.78, 5) is 14.7. The minimum absolute atomic E-state index is 0.586. The fourth-order valence-electron chi connectivity index (χ4n) is 1.45. The summed E-state index contributed by atoms with van der Waals surface area (Å²) in [5, 5.41) is 0.740.